The van der Waals surface area contributed by atoms with Crippen LogP contribution in [0.1, 0.15) is 10.4 Å². The lowest BCUT2D eigenvalue weighted by molar-refractivity contribution is 0.0697. The molecule has 0 aliphatic rings. The molecule has 0 saturated carbocycles. The van der Waals surface area contributed by atoms with Crippen molar-refractivity contribution in [1.29, 1.82) is 0 Å². The minimum Gasteiger partial charge on any atom is -0.478 e. The van der Waals surface area contributed by atoms with Crippen molar-refractivity contribution in [2.75, 3.05) is 17.6 Å². The predicted octanol–water partition coefficient (Wildman–Crippen LogP) is 2.57. The van der Waals surface area contributed by atoms with Crippen LogP contribution in [0.15, 0.2) is 46.0 Å². The number of benzene rings is 1. The van der Waals surface area contributed by atoms with E-state index in [1.165, 1.54) is 24.4 Å². The smallest absolute Gasteiger partial charge is 0.337 e. The van der Waals surface area contributed by atoms with Gasteiger partial charge in [0, 0.05) is 6.54 Å². The predicted molar refractivity (Wildman–Crippen MR) is 85.8 cm³/mol. The lowest BCUT2D eigenvalue weighted by atomic mass is 10.2. The molecule has 0 spiro atoms. The van der Waals surface area contributed by atoms with Crippen molar-refractivity contribution in [3.63, 3.8) is 0 Å². The van der Waals surface area contributed by atoms with Crippen LogP contribution in [0.3, 0.4) is 0 Å². The van der Waals surface area contributed by atoms with Gasteiger partial charge in [-0.25, -0.2) is 22.6 Å². The summed E-state index contributed by atoms with van der Waals surface area (Å²) < 4.78 is 37.4. The third kappa shape index (κ3) is 4.49. The number of carbonyl (C=O) groups is 1. The maximum absolute atomic E-state index is 12.8. The van der Waals surface area contributed by atoms with Crippen molar-refractivity contribution in [3.8, 4) is 0 Å². The largest absolute Gasteiger partial charge is 0.478 e. The molecule has 1 heterocycles. The number of rotatable bonds is 6. The number of pyridine rings is 1. The molecular weight excluding hydrogens is 391 g/mol. The molecule has 0 bridgehead atoms. The summed E-state index contributed by atoms with van der Waals surface area (Å²) >= 11 is 3.07. The molecule has 2 aromatic rings. The Bertz CT molecular complexity index is 825. The normalized spacial score (nSPS) is 11.2. The first-order valence-corrected chi connectivity index (χ1v) is 8.85. The van der Waals surface area contributed by atoms with Gasteiger partial charge in [0.15, 0.2) is 9.84 Å². The summed E-state index contributed by atoms with van der Waals surface area (Å²) in [6, 6.07) is 5.84. The SMILES string of the molecule is O=C(O)c1cc(Br)ncc1NCCS(=O)(=O)c1ccc(F)cc1. The summed E-state index contributed by atoms with van der Waals surface area (Å²) in [6.07, 6.45) is 1.30. The second-order valence-corrected chi connectivity index (χ2v) is 7.48. The fraction of sp³-hybridized carbons (Fsp3) is 0.143. The summed E-state index contributed by atoms with van der Waals surface area (Å²) in [5, 5.41) is 11.9. The maximum atomic E-state index is 12.8. The number of carboxylic acids is 1. The second kappa shape index (κ2) is 7.05. The number of halogens is 2. The van der Waals surface area contributed by atoms with Gasteiger partial charge < -0.3 is 10.4 Å². The molecule has 0 radical (unpaired) electrons. The standard InChI is InChI=1S/C14H12BrFN2O4S/c15-13-7-11(14(19)20)12(8-18-13)17-5-6-23(21,22)10-3-1-9(16)2-4-10/h1-4,7-8,17H,5-6H2,(H,19,20). The second-order valence-electron chi connectivity index (χ2n) is 4.56. The molecule has 1 aromatic carbocycles. The molecule has 0 atom stereocenters. The van der Waals surface area contributed by atoms with Crippen LogP contribution < -0.4 is 5.32 Å². The van der Waals surface area contributed by atoms with Crippen LogP contribution in [-0.4, -0.2) is 36.8 Å². The Morgan fingerprint density at radius 1 is 1.30 bits per heavy atom. The number of nitrogens with one attached hydrogen (secondary N) is 1. The van der Waals surface area contributed by atoms with E-state index in [0.29, 0.717) is 4.60 Å². The maximum Gasteiger partial charge on any atom is 0.337 e. The Balaban J connectivity index is 2.08. The molecule has 0 amide bonds. The van der Waals surface area contributed by atoms with Crippen LogP contribution in [0.5, 0.6) is 0 Å². The molecule has 9 heteroatoms. The van der Waals surface area contributed by atoms with Crippen LogP contribution in [0.2, 0.25) is 0 Å². The molecule has 0 aliphatic carbocycles. The van der Waals surface area contributed by atoms with Gasteiger partial charge in [-0.05, 0) is 46.3 Å². The molecule has 2 N–H and O–H groups in total. The van der Waals surface area contributed by atoms with Crippen molar-refractivity contribution in [2.24, 2.45) is 0 Å². The van der Waals surface area contributed by atoms with E-state index in [9.17, 15) is 17.6 Å². The van der Waals surface area contributed by atoms with Gasteiger partial charge in [0.25, 0.3) is 0 Å². The Hall–Kier alpha value is -2.00. The summed E-state index contributed by atoms with van der Waals surface area (Å²) in [5.74, 6) is -1.94. The van der Waals surface area contributed by atoms with E-state index in [2.05, 4.69) is 26.2 Å². The zero-order valence-electron chi connectivity index (χ0n) is 11.7. The lowest BCUT2D eigenvalue weighted by Crippen LogP contribution is -2.17. The Morgan fingerprint density at radius 2 is 1.96 bits per heavy atom. The van der Waals surface area contributed by atoms with Crippen molar-refractivity contribution >= 4 is 37.4 Å². The highest BCUT2D eigenvalue weighted by Gasteiger charge is 2.16. The average molecular weight is 403 g/mol. The Morgan fingerprint density at radius 3 is 2.57 bits per heavy atom. The van der Waals surface area contributed by atoms with E-state index in [1.54, 1.807) is 0 Å². The van der Waals surface area contributed by atoms with Gasteiger partial charge in [-0.1, -0.05) is 0 Å². The van der Waals surface area contributed by atoms with Gasteiger partial charge in [0.2, 0.25) is 0 Å². The Labute approximate surface area is 140 Å². The zero-order valence-corrected chi connectivity index (χ0v) is 14.1. The van der Waals surface area contributed by atoms with Gasteiger partial charge in [-0.3, -0.25) is 0 Å². The van der Waals surface area contributed by atoms with E-state index >= 15 is 0 Å². The number of anilines is 1. The third-order valence-electron chi connectivity index (χ3n) is 2.96. The van der Waals surface area contributed by atoms with E-state index < -0.39 is 21.6 Å². The molecule has 0 saturated heterocycles. The van der Waals surface area contributed by atoms with Crippen LogP contribution in [0.4, 0.5) is 10.1 Å². The minimum atomic E-state index is -3.59. The van der Waals surface area contributed by atoms with Crippen LogP contribution >= 0.6 is 15.9 Å². The number of hydrogen-bond donors (Lipinski definition) is 2. The minimum absolute atomic E-state index is 0.00749. The van der Waals surface area contributed by atoms with Gasteiger partial charge in [-0.15, -0.1) is 0 Å². The van der Waals surface area contributed by atoms with Gasteiger partial charge in [0.05, 0.1) is 28.1 Å². The highest BCUT2D eigenvalue weighted by molar-refractivity contribution is 9.10. The first-order valence-electron chi connectivity index (χ1n) is 6.40. The fourth-order valence-corrected chi connectivity index (χ4v) is 3.32. The summed E-state index contributed by atoms with van der Waals surface area (Å²) in [6.45, 7) is -0.0106. The molecule has 6 nitrogen and oxygen atoms in total. The van der Waals surface area contributed by atoms with E-state index in [1.807, 2.05) is 0 Å². The van der Waals surface area contributed by atoms with Crippen molar-refractivity contribution in [2.45, 2.75) is 4.90 Å². The Kier molecular flexibility index (Phi) is 5.32. The van der Waals surface area contributed by atoms with Crippen molar-refractivity contribution in [1.82, 2.24) is 4.98 Å². The molecule has 0 aliphatic heterocycles. The van der Waals surface area contributed by atoms with E-state index in [-0.39, 0.29) is 28.4 Å². The van der Waals surface area contributed by atoms with Gasteiger partial charge in [0.1, 0.15) is 10.4 Å². The van der Waals surface area contributed by atoms with Crippen LogP contribution in [0, 0.1) is 5.82 Å². The summed E-state index contributed by atoms with van der Waals surface area (Å²) in [7, 11) is -3.59. The van der Waals surface area contributed by atoms with Gasteiger partial charge >= 0.3 is 5.97 Å². The number of sulfone groups is 1. The zero-order chi connectivity index (χ0) is 17.0. The first kappa shape index (κ1) is 17.4. The molecule has 122 valence electrons. The lowest BCUT2D eigenvalue weighted by Gasteiger charge is -2.10. The molecule has 0 unspecified atom stereocenters. The van der Waals surface area contributed by atoms with Crippen LogP contribution in [0.25, 0.3) is 0 Å². The molecule has 2 rings (SSSR count). The van der Waals surface area contributed by atoms with E-state index in [4.69, 9.17) is 5.11 Å². The highest BCUT2D eigenvalue weighted by Crippen LogP contribution is 2.19. The fourth-order valence-electron chi connectivity index (χ4n) is 1.83. The number of carboxylic acid groups (broad SMARTS) is 1. The quantitative estimate of drug-likeness (QED) is 0.569. The van der Waals surface area contributed by atoms with Crippen molar-refractivity contribution < 1.29 is 22.7 Å². The first-order chi connectivity index (χ1) is 10.8. The molecule has 23 heavy (non-hydrogen) atoms. The number of aromatic carboxylic acids is 1. The van der Waals surface area contributed by atoms with Gasteiger partial charge in [-0.2, -0.15) is 0 Å². The molecule has 1 aromatic heterocycles. The topological polar surface area (TPSA) is 96.4 Å². The number of hydrogen-bond acceptors (Lipinski definition) is 5. The average Bonchev–Trinajstić information content (AvgIpc) is 2.49. The van der Waals surface area contributed by atoms with E-state index in [0.717, 1.165) is 12.1 Å². The molecular formula is C14H12BrFN2O4S. The number of aromatic nitrogens is 1. The summed E-state index contributed by atoms with van der Waals surface area (Å²) in [4.78, 5) is 15.1. The van der Waals surface area contributed by atoms with Crippen molar-refractivity contribution in [3.05, 3.63) is 52.5 Å². The van der Waals surface area contributed by atoms with Crippen LogP contribution in [-0.2, 0) is 9.84 Å². The summed E-state index contributed by atoms with van der Waals surface area (Å²) in [5.41, 5.74) is 0.195. The highest BCUT2D eigenvalue weighted by atomic mass is 79.9. The third-order valence-corrected chi connectivity index (χ3v) is 5.13. The molecule has 0 fully saturated rings. The monoisotopic (exact) mass is 402 g/mol. The number of nitrogens with zero attached hydrogens (tertiary/aromatic N) is 1.